The minimum Gasteiger partial charge on any atom is -0.487 e. The van der Waals surface area contributed by atoms with Crippen LogP contribution in [0.25, 0.3) is 0 Å². The number of sulfonamides is 1. The van der Waals surface area contributed by atoms with Crippen molar-refractivity contribution in [3.05, 3.63) is 64.7 Å². The summed E-state index contributed by atoms with van der Waals surface area (Å²) in [7, 11) is -3.93. The maximum atomic E-state index is 13.0. The first-order valence-electron chi connectivity index (χ1n) is 9.91. The van der Waals surface area contributed by atoms with E-state index in [1.54, 1.807) is 25.3 Å². The Bertz CT molecular complexity index is 1370. The van der Waals surface area contributed by atoms with Crippen molar-refractivity contribution in [1.29, 1.82) is 5.26 Å². The molecule has 178 valence electrons. The average molecular weight is 510 g/mol. The molecule has 0 aliphatic carbocycles. The number of aromatic nitrogens is 1. The fraction of sp³-hybridized carbons (Fsp3) is 0.273. The van der Waals surface area contributed by atoms with Gasteiger partial charge in [-0.05, 0) is 38.1 Å². The van der Waals surface area contributed by atoms with Gasteiger partial charge in [-0.15, -0.1) is 11.3 Å². The molecule has 0 unspecified atom stereocenters. The highest BCUT2D eigenvalue weighted by atomic mass is 32.2. The van der Waals surface area contributed by atoms with E-state index in [1.807, 2.05) is 0 Å². The Kier molecular flexibility index (Phi) is 5.95. The van der Waals surface area contributed by atoms with Crippen molar-refractivity contribution in [2.24, 2.45) is 0 Å². The van der Waals surface area contributed by atoms with Gasteiger partial charge < -0.3 is 9.47 Å². The molecular weight excluding hydrogens is 491 g/mol. The number of nitrogens with zero attached hydrogens (tertiary/aromatic N) is 2. The molecule has 1 atom stereocenters. The van der Waals surface area contributed by atoms with Crippen LogP contribution >= 0.6 is 11.3 Å². The lowest BCUT2D eigenvalue weighted by Gasteiger charge is -2.37. The molecular formula is C22H18F3N3O4S2. The van der Waals surface area contributed by atoms with Gasteiger partial charge in [0.25, 0.3) is 10.0 Å². The number of nitriles is 1. The second-order valence-electron chi connectivity index (χ2n) is 8.14. The Labute approximate surface area is 197 Å². The Balaban J connectivity index is 1.68. The predicted molar refractivity (Wildman–Crippen MR) is 118 cm³/mol. The zero-order valence-corrected chi connectivity index (χ0v) is 19.5. The number of ether oxygens (including phenoxy) is 2. The Morgan fingerprint density at radius 2 is 2.03 bits per heavy atom. The Morgan fingerprint density at radius 1 is 1.26 bits per heavy atom. The average Bonchev–Trinajstić information content (AvgIpc) is 3.24. The van der Waals surface area contributed by atoms with Gasteiger partial charge in [-0.3, -0.25) is 4.72 Å². The predicted octanol–water partition coefficient (Wildman–Crippen LogP) is 5.52. The minimum atomic E-state index is -4.59. The van der Waals surface area contributed by atoms with E-state index in [4.69, 9.17) is 9.47 Å². The van der Waals surface area contributed by atoms with Crippen LogP contribution in [0.15, 0.2) is 52.9 Å². The van der Waals surface area contributed by atoms with E-state index in [1.165, 1.54) is 24.4 Å². The molecule has 2 heterocycles. The van der Waals surface area contributed by atoms with E-state index < -0.39 is 33.5 Å². The third kappa shape index (κ3) is 4.95. The van der Waals surface area contributed by atoms with E-state index in [0.717, 1.165) is 29.5 Å². The van der Waals surface area contributed by atoms with Crippen LogP contribution in [0, 0.1) is 11.3 Å². The molecule has 1 N–H and O–H groups in total. The molecule has 0 saturated carbocycles. The van der Waals surface area contributed by atoms with Crippen LogP contribution in [-0.4, -0.2) is 19.0 Å². The van der Waals surface area contributed by atoms with Crippen LogP contribution in [0.3, 0.4) is 0 Å². The number of hydrogen-bond acceptors (Lipinski definition) is 7. The third-order valence-corrected chi connectivity index (χ3v) is 7.21. The zero-order chi connectivity index (χ0) is 24.7. The smallest absolute Gasteiger partial charge is 0.416 e. The molecule has 1 aliphatic heterocycles. The fourth-order valence-corrected chi connectivity index (χ4v) is 5.34. The van der Waals surface area contributed by atoms with Gasteiger partial charge in [-0.2, -0.15) is 18.4 Å². The van der Waals surface area contributed by atoms with E-state index in [9.17, 15) is 26.9 Å². The molecule has 4 rings (SSSR count). The molecule has 2 aromatic carbocycles. The number of thiazole rings is 1. The monoisotopic (exact) mass is 509 g/mol. The summed E-state index contributed by atoms with van der Waals surface area (Å²) >= 11 is 1.13. The summed E-state index contributed by atoms with van der Waals surface area (Å²) in [6.45, 7) is 3.55. The lowest BCUT2D eigenvalue weighted by atomic mass is 9.91. The fourth-order valence-electron chi connectivity index (χ4n) is 3.53. The second-order valence-corrected chi connectivity index (χ2v) is 10.7. The number of rotatable bonds is 5. The van der Waals surface area contributed by atoms with Crippen LogP contribution in [0.4, 0.5) is 18.3 Å². The summed E-state index contributed by atoms with van der Waals surface area (Å²) in [5, 5.41) is 11.2. The summed E-state index contributed by atoms with van der Waals surface area (Å²) in [6, 6.07) is 8.71. The number of alkyl halides is 3. The molecule has 1 aliphatic rings. The first-order valence-corrected chi connectivity index (χ1v) is 12.3. The lowest BCUT2D eigenvalue weighted by molar-refractivity contribution is -0.137. The number of nitrogens with one attached hydrogen (secondary N) is 1. The molecule has 1 aromatic heterocycles. The molecule has 0 bridgehead atoms. The molecule has 0 amide bonds. The normalized spacial score (nSPS) is 17.2. The molecule has 12 heteroatoms. The molecule has 0 fully saturated rings. The highest BCUT2D eigenvalue weighted by Gasteiger charge is 2.37. The van der Waals surface area contributed by atoms with Crippen LogP contribution in [-0.2, 0) is 16.2 Å². The van der Waals surface area contributed by atoms with Gasteiger partial charge in [0.1, 0.15) is 29.3 Å². The number of benzene rings is 2. The maximum Gasteiger partial charge on any atom is 0.416 e. The van der Waals surface area contributed by atoms with Gasteiger partial charge in [0.05, 0.1) is 16.0 Å². The van der Waals surface area contributed by atoms with Crippen molar-refractivity contribution >= 4 is 26.5 Å². The largest absolute Gasteiger partial charge is 0.487 e. The van der Waals surface area contributed by atoms with E-state index in [0.29, 0.717) is 12.0 Å². The summed E-state index contributed by atoms with van der Waals surface area (Å²) in [5.41, 5.74) is -1.47. The topological polar surface area (TPSA) is 101 Å². The molecule has 3 aromatic rings. The highest BCUT2D eigenvalue weighted by Crippen LogP contribution is 2.44. The van der Waals surface area contributed by atoms with Crippen molar-refractivity contribution in [2.45, 2.75) is 43.0 Å². The summed E-state index contributed by atoms with van der Waals surface area (Å²) < 4.78 is 78.9. The van der Waals surface area contributed by atoms with Gasteiger partial charge >= 0.3 is 6.18 Å². The maximum absolute atomic E-state index is 13.0. The summed E-state index contributed by atoms with van der Waals surface area (Å²) in [5.74, 6) is 0.250. The van der Waals surface area contributed by atoms with Gasteiger partial charge in [0, 0.05) is 29.6 Å². The summed E-state index contributed by atoms with van der Waals surface area (Å²) in [4.78, 5) is 3.86. The minimum absolute atomic E-state index is 0.00807. The third-order valence-electron chi connectivity index (χ3n) is 5.06. The van der Waals surface area contributed by atoms with Crippen LogP contribution < -0.4 is 14.2 Å². The Morgan fingerprint density at radius 3 is 2.68 bits per heavy atom. The van der Waals surface area contributed by atoms with Gasteiger partial charge in [-0.25, -0.2) is 13.4 Å². The molecule has 0 saturated heterocycles. The standard InChI is InChI=1S/C22H18F3N3O4S2/c1-21(2)11-19(31-17-6-3-14(22(23,24)25)9-13(17)12-26)16-5-4-15(10-18(16)32-21)34(29,30)28-20-27-7-8-33-20/h3-10,19H,11H2,1-2H3,(H,27,28)/t19-/m1/s1. The van der Waals surface area contributed by atoms with Crippen molar-refractivity contribution in [1.82, 2.24) is 4.98 Å². The van der Waals surface area contributed by atoms with Gasteiger partial charge in [0.15, 0.2) is 5.13 Å². The first-order chi connectivity index (χ1) is 15.9. The number of fused-ring (bicyclic) bond motifs is 1. The molecule has 34 heavy (non-hydrogen) atoms. The summed E-state index contributed by atoms with van der Waals surface area (Å²) in [6.07, 6.45) is -3.49. The zero-order valence-electron chi connectivity index (χ0n) is 17.9. The van der Waals surface area contributed by atoms with Crippen LogP contribution in [0.1, 0.15) is 43.1 Å². The van der Waals surface area contributed by atoms with E-state index >= 15 is 0 Å². The van der Waals surface area contributed by atoms with Gasteiger partial charge in [-0.1, -0.05) is 6.07 Å². The molecule has 0 radical (unpaired) electrons. The van der Waals surface area contributed by atoms with Crippen molar-refractivity contribution in [3.8, 4) is 17.6 Å². The molecule has 7 nitrogen and oxygen atoms in total. The first kappa shape index (κ1) is 23.8. The highest BCUT2D eigenvalue weighted by molar-refractivity contribution is 7.93. The number of halogens is 3. The van der Waals surface area contributed by atoms with Crippen LogP contribution in [0.2, 0.25) is 0 Å². The quantitative estimate of drug-likeness (QED) is 0.486. The lowest BCUT2D eigenvalue weighted by Crippen LogP contribution is -2.36. The van der Waals surface area contributed by atoms with E-state index in [2.05, 4.69) is 9.71 Å². The van der Waals surface area contributed by atoms with Crippen molar-refractivity contribution in [2.75, 3.05) is 4.72 Å². The molecule has 0 spiro atoms. The SMILES string of the molecule is CC1(C)C[C@@H](Oc2ccc(C(F)(F)F)cc2C#N)c2ccc(S(=O)(=O)Nc3nccs3)cc2O1. The van der Waals surface area contributed by atoms with Crippen molar-refractivity contribution in [3.63, 3.8) is 0 Å². The Hall–Kier alpha value is -3.30. The van der Waals surface area contributed by atoms with Crippen molar-refractivity contribution < 1.29 is 31.1 Å². The van der Waals surface area contributed by atoms with E-state index in [-0.39, 0.29) is 27.1 Å². The number of anilines is 1. The second kappa shape index (κ2) is 8.48. The van der Waals surface area contributed by atoms with Crippen LogP contribution in [0.5, 0.6) is 11.5 Å². The van der Waals surface area contributed by atoms with Gasteiger partial charge in [0.2, 0.25) is 0 Å². The number of hydrogen-bond donors (Lipinski definition) is 1.